The standard InChI is InChI=1S/C23H38N2O4Si/c1-22(2,3)25(21(26)27)13-15-9-10-17-16(11-15)19-12-18(24-17)20(14-28-19)29-30(7,8)23(4,5)6/h9-11,18-20,24H,12-14H2,1-8H3,(H,26,27)/t18-,19-,20+/m0/s1. The number of hydrogen-bond acceptors (Lipinski definition) is 4. The lowest BCUT2D eigenvalue weighted by Gasteiger charge is -2.47. The summed E-state index contributed by atoms with van der Waals surface area (Å²) in [4.78, 5) is 13.2. The fraction of sp³-hybridized carbons (Fsp3) is 0.696. The number of fused-ring (bicyclic) bond motifs is 4. The van der Waals surface area contributed by atoms with Gasteiger partial charge < -0.3 is 19.6 Å². The van der Waals surface area contributed by atoms with Crippen molar-refractivity contribution in [2.45, 2.75) is 96.4 Å². The van der Waals surface area contributed by atoms with E-state index >= 15 is 0 Å². The smallest absolute Gasteiger partial charge is 0.408 e. The van der Waals surface area contributed by atoms with Crippen molar-refractivity contribution in [3.8, 4) is 0 Å². The van der Waals surface area contributed by atoms with E-state index in [9.17, 15) is 9.90 Å². The summed E-state index contributed by atoms with van der Waals surface area (Å²) < 4.78 is 12.9. The first-order valence-corrected chi connectivity index (χ1v) is 13.8. The minimum absolute atomic E-state index is 0.0263. The third-order valence-corrected chi connectivity index (χ3v) is 11.3. The fourth-order valence-corrected chi connectivity index (χ4v) is 5.24. The lowest BCUT2D eigenvalue weighted by atomic mass is 9.89. The SMILES string of the molecule is CC(C)(C)N(Cc1ccc2c(c1)[C@@H]1C[C@H](N2)[C@H](O[Si](C)(C)C(C)(C)C)CO1)C(=O)O. The zero-order valence-corrected chi connectivity index (χ0v) is 20.7. The van der Waals surface area contributed by atoms with E-state index in [1.165, 1.54) is 4.90 Å². The van der Waals surface area contributed by atoms with Crippen LogP contribution in [0.3, 0.4) is 0 Å². The number of rotatable bonds is 4. The Kier molecular flexibility index (Phi) is 6.04. The van der Waals surface area contributed by atoms with E-state index in [1.54, 1.807) is 0 Å². The van der Waals surface area contributed by atoms with Gasteiger partial charge in [0.2, 0.25) is 0 Å². The van der Waals surface area contributed by atoms with Gasteiger partial charge in [-0.3, -0.25) is 4.90 Å². The van der Waals surface area contributed by atoms with E-state index in [4.69, 9.17) is 9.16 Å². The van der Waals surface area contributed by atoms with Crippen molar-refractivity contribution in [2.75, 3.05) is 11.9 Å². The molecule has 3 atom stereocenters. The summed E-state index contributed by atoms with van der Waals surface area (Å²) in [6.45, 7) is 18.0. The first kappa shape index (κ1) is 23.1. The maximum absolute atomic E-state index is 11.7. The lowest BCUT2D eigenvalue weighted by Crippen LogP contribution is -2.54. The highest BCUT2D eigenvalue weighted by Gasteiger charge is 2.44. The summed E-state index contributed by atoms with van der Waals surface area (Å²) in [5.41, 5.74) is 2.71. The van der Waals surface area contributed by atoms with Crippen LogP contribution in [0, 0.1) is 0 Å². The van der Waals surface area contributed by atoms with Gasteiger partial charge in [0, 0.05) is 29.8 Å². The molecular formula is C23H38N2O4Si. The zero-order chi connectivity index (χ0) is 22.5. The predicted molar refractivity (Wildman–Crippen MR) is 123 cm³/mol. The van der Waals surface area contributed by atoms with Crippen molar-refractivity contribution in [3.05, 3.63) is 29.3 Å². The minimum atomic E-state index is -1.88. The molecule has 0 aromatic heterocycles. The fourth-order valence-electron chi connectivity index (χ4n) is 3.90. The largest absolute Gasteiger partial charge is 0.465 e. The number of nitrogens with one attached hydrogen (secondary N) is 1. The van der Waals surface area contributed by atoms with Gasteiger partial charge in [0.15, 0.2) is 8.32 Å². The van der Waals surface area contributed by atoms with Crippen molar-refractivity contribution in [1.82, 2.24) is 4.90 Å². The molecule has 0 unspecified atom stereocenters. The quantitative estimate of drug-likeness (QED) is 0.603. The monoisotopic (exact) mass is 434 g/mol. The predicted octanol–water partition coefficient (Wildman–Crippen LogP) is 5.61. The van der Waals surface area contributed by atoms with Crippen LogP contribution in [0.15, 0.2) is 18.2 Å². The molecule has 1 aromatic carbocycles. The van der Waals surface area contributed by atoms with E-state index in [0.717, 1.165) is 23.2 Å². The molecule has 2 N–H and O–H groups in total. The molecule has 7 heteroatoms. The highest BCUT2D eigenvalue weighted by atomic mass is 28.4. The highest BCUT2D eigenvalue weighted by molar-refractivity contribution is 6.74. The third-order valence-electron chi connectivity index (χ3n) is 6.82. The second kappa shape index (κ2) is 7.84. The van der Waals surface area contributed by atoms with Gasteiger partial charge in [0.05, 0.1) is 24.9 Å². The molecule has 2 aliphatic heterocycles. The summed E-state index contributed by atoms with van der Waals surface area (Å²) in [5.74, 6) is 0. The Morgan fingerprint density at radius 3 is 2.50 bits per heavy atom. The number of ether oxygens (including phenoxy) is 1. The summed E-state index contributed by atoms with van der Waals surface area (Å²) >= 11 is 0. The minimum Gasteiger partial charge on any atom is -0.465 e. The number of amides is 1. The average molecular weight is 435 g/mol. The van der Waals surface area contributed by atoms with Gasteiger partial charge in [-0.1, -0.05) is 26.8 Å². The van der Waals surface area contributed by atoms with Crippen molar-refractivity contribution in [3.63, 3.8) is 0 Å². The van der Waals surface area contributed by atoms with E-state index in [2.05, 4.69) is 51.3 Å². The first-order chi connectivity index (χ1) is 13.7. The molecule has 3 rings (SSSR count). The van der Waals surface area contributed by atoms with Crippen molar-refractivity contribution in [1.29, 1.82) is 0 Å². The van der Waals surface area contributed by atoms with Crippen molar-refractivity contribution in [2.24, 2.45) is 0 Å². The summed E-state index contributed by atoms with van der Waals surface area (Å²) in [7, 11) is -1.88. The van der Waals surface area contributed by atoms with Crippen LogP contribution in [0.25, 0.3) is 0 Å². The van der Waals surface area contributed by atoms with E-state index in [-0.39, 0.29) is 23.3 Å². The highest BCUT2D eigenvalue weighted by Crippen LogP contribution is 2.43. The Balaban J connectivity index is 1.77. The molecule has 6 nitrogen and oxygen atoms in total. The maximum Gasteiger partial charge on any atom is 0.408 e. The summed E-state index contributed by atoms with van der Waals surface area (Å²) in [6, 6.07) is 6.41. The number of benzene rings is 1. The second-order valence-electron chi connectivity index (χ2n) is 11.2. The van der Waals surface area contributed by atoms with Crippen LogP contribution in [0.2, 0.25) is 18.1 Å². The molecule has 0 radical (unpaired) electrons. The molecule has 2 aliphatic rings. The maximum atomic E-state index is 11.7. The Labute approximate surface area is 182 Å². The number of carboxylic acid groups (broad SMARTS) is 1. The summed E-state index contributed by atoms with van der Waals surface area (Å²) in [5, 5.41) is 13.4. The molecule has 1 fully saturated rings. The van der Waals surface area contributed by atoms with Gasteiger partial charge >= 0.3 is 6.09 Å². The van der Waals surface area contributed by atoms with E-state index in [1.807, 2.05) is 26.8 Å². The molecule has 1 saturated heterocycles. The average Bonchev–Trinajstić information content (AvgIpc) is 2.60. The topological polar surface area (TPSA) is 71.0 Å². The van der Waals surface area contributed by atoms with Crippen LogP contribution in [-0.4, -0.2) is 48.7 Å². The van der Waals surface area contributed by atoms with Crippen LogP contribution in [0.5, 0.6) is 0 Å². The van der Waals surface area contributed by atoms with E-state index < -0.39 is 19.9 Å². The van der Waals surface area contributed by atoms with Gasteiger partial charge in [0.1, 0.15) is 0 Å². The van der Waals surface area contributed by atoms with Crippen LogP contribution in [0.1, 0.15) is 65.2 Å². The van der Waals surface area contributed by atoms with Gasteiger partial charge in [-0.15, -0.1) is 0 Å². The zero-order valence-electron chi connectivity index (χ0n) is 19.7. The van der Waals surface area contributed by atoms with Crippen LogP contribution >= 0.6 is 0 Å². The number of carbonyl (C=O) groups is 1. The molecule has 2 heterocycles. The first-order valence-electron chi connectivity index (χ1n) is 10.9. The van der Waals surface area contributed by atoms with Gasteiger partial charge in [-0.05, 0) is 56.6 Å². The van der Waals surface area contributed by atoms with E-state index in [0.29, 0.717) is 13.2 Å². The number of hydrogen-bond donors (Lipinski definition) is 2. The van der Waals surface area contributed by atoms with Crippen molar-refractivity contribution < 1.29 is 19.1 Å². The van der Waals surface area contributed by atoms with Crippen LogP contribution in [0.4, 0.5) is 10.5 Å². The molecule has 30 heavy (non-hydrogen) atoms. The van der Waals surface area contributed by atoms with Gasteiger partial charge in [-0.2, -0.15) is 0 Å². The lowest BCUT2D eigenvalue weighted by molar-refractivity contribution is -0.0620. The number of nitrogens with zero attached hydrogens (tertiary/aromatic N) is 1. The Bertz CT molecular complexity index is 797. The second-order valence-corrected chi connectivity index (χ2v) is 15.9. The third kappa shape index (κ3) is 4.68. The Morgan fingerprint density at radius 2 is 1.93 bits per heavy atom. The molecule has 2 bridgehead atoms. The molecule has 1 amide bonds. The van der Waals surface area contributed by atoms with Crippen molar-refractivity contribution >= 4 is 20.1 Å². The number of anilines is 1. The Hall–Kier alpha value is -1.57. The van der Waals surface area contributed by atoms with Crippen LogP contribution < -0.4 is 5.32 Å². The normalized spacial score (nSPS) is 24.1. The van der Waals surface area contributed by atoms with Gasteiger partial charge in [-0.25, -0.2) is 4.79 Å². The summed E-state index contributed by atoms with van der Waals surface area (Å²) in [6.07, 6.45) is 0.0483. The van der Waals surface area contributed by atoms with Crippen LogP contribution in [-0.2, 0) is 15.7 Å². The molecular weight excluding hydrogens is 396 g/mol. The molecule has 0 saturated carbocycles. The molecule has 0 aliphatic carbocycles. The Morgan fingerprint density at radius 1 is 1.27 bits per heavy atom. The molecule has 168 valence electrons. The molecule has 0 spiro atoms. The molecule has 1 aromatic rings. The van der Waals surface area contributed by atoms with Gasteiger partial charge in [0.25, 0.3) is 0 Å².